The number of aromatic nitrogens is 2. The minimum Gasteiger partial charge on any atom is -0.481 e. The quantitative estimate of drug-likeness (QED) is 0.604. The number of aryl methyl sites for hydroxylation is 1. The number of rotatable bonds is 11. The summed E-state index contributed by atoms with van der Waals surface area (Å²) in [5.41, 5.74) is 1.27. The van der Waals surface area contributed by atoms with Crippen LogP contribution in [0.4, 0.5) is 4.39 Å². The monoisotopic (exact) mass is 416 g/mol. The Balaban J connectivity index is 2.35. The van der Waals surface area contributed by atoms with Crippen molar-refractivity contribution in [3.05, 3.63) is 63.6 Å². The molecule has 2 unspecified atom stereocenters. The molecule has 0 aliphatic rings. The molecule has 0 aliphatic carbocycles. The molecule has 1 aromatic heterocycles. The van der Waals surface area contributed by atoms with Gasteiger partial charge in [0, 0.05) is 23.8 Å². The number of Topliss-reactive ketones (excluding diaryl/α,β-unsaturated/α-hetero) is 2. The summed E-state index contributed by atoms with van der Waals surface area (Å²) in [6.45, 7) is 2.31. The zero-order chi connectivity index (χ0) is 22.3. The highest BCUT2D eigenvalue weighted by Gasteiger charge is 2.30. The predicted molar refractivity (Wildman–Crippen MR) is 108 cm³/mol. The van der Waals surface area contributed by atoms with E-state index in [4.69, 9.17) is 5.11 Å². The maximum absolute atomic E-state index is 13.1. The molecule has 2 rings (SSSR count). The van der Waals surface area contributed by atoms with Crippen molar-refractivity contribution in [1.29, 1.82) is 0 Å². The largest absolute Gasteiger partial charge is 0.481 e. The molecule has 30 heavy (non-hydrogen) atoms. The first-order valence-corrected chi connectivity index (χ1v) is 9.72. The lowest BCUT2D eigenvalue weighted by atomic mass is 9.84. The van der Waals surface area contributed by atoms with Crippen LogP contribution in [0, 0.1) is 12.8 Å². The fourth-order valence-electron chi connectivity index (χ4n) is 3.48. The van der Waals surface area contributed by atoms with Crippen molar-refractivity contribution in [1.82, 2.24) is 9.78 Å². The summed E-state index contributed by atoms with van der Waals surface area (Å²) in [5.74, 6) is -4.74. The molecular weight excluding hydrogens is 391 g/mol. The van der Waals surface area contributed by atoms with E-state index in [1.807, 2.05) is 30.3 Å². The van der Waals surface area contributed by atoms with Gasteiger partial charge in [0.1, 0.15) is 12.5 Å². The fourth-order valence-corrected chi connectivity index (χ4v) is 3.48. The Hall–Kier alpha value is -3.16. The standard InChI is InChI=1S/C22H25FN2O5/c1-3-17(18(26)9-16(10-20(28)29)19(27)11-23)21-14(2)12-24-25(22(21)30)13-15-7-5-4-6-8-15/h4-8,12,16-17H,3,9-11,13H2,1-2H3,(H,28,29). The number of benzene rings is 1. The van der Waals surface area contributed by atoms with Crippen molar-refractivity contribution in [3.8, 4) is 0 Å². The normalized spacial score (nSPS) is 12.9. The molecule has 0 aliphatic heterocycles. The zero-order valence-electron chi connectivity index (χ0n) is 17.0. The molecule has 160 valence electrons. The van der Waals surface area contributed by atoms with Gasteiger partial charge in [0.05, 0.1) is 19.2 Å². The summed E-state index contributed by atoms with van der Waals surface area (Å²) in [4.78, 5) is 48.8. The Kier molecular flexibility index (Phi) is 8.15. The maximum Gasteiger partial charge on any atom is 0.304 e. The van der Waals surface area contributed by atoms with Crippen molar-refractivity contribution in [2.24, 2.45) is 5.92 Å². The van der Waals surface area contributed by atoms with Crippen LogP contribution in [0.5, 0.6) is 0 Å². The van der Waals surface area contributed by atoms with E-state index in [0.29, 0.717) is 5.56 Å². The van der Waals surface area contributed by atoms with Gasteiger partial charge < -0.3 is 5.11 Å². The SMILES string of the molecule is CCC(C(=O)CC(CC(=O)O)C(=O)CF)c1c(C)cnn(Cc2ccccc2)c1=O. The van der Waals surface area contributed by atoms with Gasteiger partial charge in [-0.05, 0) is 24.5 Å². The minimum atomic E-state index is -1.33. The van der Waals surface area contributed by atoms with Gasteiger partial charge in [0.15, 0.2) is 5.78 Å². The molecule has 0 amide bonds. The van der Waals surface area contributed by atoms with E-state index in [2.05, 4.69) is 5.10 Å². The van der Waals surface area contributed by atoms with Crippen molar-refractivity contribution < 1.29 is 23.9 Å². The van der Waals surface area contributed by atoms with E-state index in [1.165, 1.54) is 10.9 Å². The second-order valence-corrected chi connectivity index (χ2v) is 7.22. The van der Waals surface area contributed by atoms with Gasteiger partial charge in [-0.15, -0.1) is 0 Å². The Bertz CT molecular complexity index is 971. The number of carboxylic acid groups (broad SMARTS) is 1. The average molecular weight is 416 g/mol. The molecule has 8 heteroatoms. The number of alkyl halides is 1. The van der Waals surface area contributed by atoms with Gasteiger partial charge in [-0.25, -0.2) is 9.07 Å². The molecule has 1 N–H and O–H groups in total. The number of carbonyl (C=O) groups is 3. The third-order valence-corrected chi connectivity index (χ3v) is 5.06. The lowest BCUT2D eigenvalue weighted by Crippen LogP contribution is -2.32. The van der Waals surface area contributed by atoms with Crippen LogP contribution >= 0.6 is 0 Å². The molecule has 0 saturated carbocycles. The highest BCUT2D eigenvalue weighted by Crippen LogP contribution is 2.25. The number of carbonyl (C=O) groups excluding carboxylic acids is 2. The summed E-state index contributed by atoms with van der Waals surface area (Å²) >= 11 is 0. The van der Waals surface area contributed by atoms with Crippen LogP contribution in [-0.2, 0) is 20.9 Å². The number of carboxylic acids is 1. The lowest BCUT2D eigenvalue weighted by Gasteiger charge is -2.19. The van der Waals surface area contributed by atoms with Crippen molar-refractivity contribution in [2.75, 3.05) is 6.67 Å². The Morgan fingerprint density at radius 1 is 1.13 bits per heavy atom. The second-order valence-electron chi connectivity index (χ2n) is 7.22. The number of ketones is 2. The molecule has 1 aromatic carbocycles. The van der Waals surface area contributed by atoms with E-state index in [0.717, 1.165) is 5.56 Å². The van der Waals surface area contributed by atoms with Crippen LogP contribution in [0.2, 0.25) is 0 Å². The van der Waals surface area contributed by atoms with Crippen molar-refractivity contribution >= 4 is 17.5 Å². The topological polar surface area (TPSA) is 106 Å². The van der Waals surface area contributed by atoms with E-state index < -0.39 is 54.4 Å². The number of aliphatic carboxylic acids is 1. The summed E-state index contributed by atoms with van der Waals surface area (Å²) in [6, 6.07) is 9.26. The molecule has 7 nitrogen and oxygen atoms in total. The molecule has 1 heterocycles. The molecule has 0 bridgehead atoms. The second kappa shape index (κ2) is 10.6. The summed E-state index contributed by atoms with van der Waals surface area (Å²) in [5, 5.41) is 13.1. The third kappa shape index (κ3) is 5.68. The van der Waals surface area contributed by atoms with Gasteiger partial charge >= 0.3 is 5.97 Å². The third-order valence-electron chi connectivity index (χ3n) is 5.06. The highest BCUT2D eigenvalue weighted by atomic mass is 19.1. The summed E-state index contributed by atoms with van der Waals surface area (Å²) < 4.78 is 14.1. The van der Waals surface area contributed by atoms with Gasteiger partial charge in [0.25, 0.3) is 5.56 Å². The molecule has 0 saturated heterocycles. The predicted octanol–water partition coefficient (Wildman–Crippen LogP) is 2.68. The van der Waals surface area contributed by atoms with Gasteiger partial charge in [0.2, 0.25) is 0 Å². The number of halogens is 1. The van der Waals surface area contributed by atoms with Crippen LogP contribution in [-0.4, -0.2) is 39.1 Å². The van der Waals surface area contributed by atoms with E-state index in [9.17, 15) is 23.6 Å². The average Bonchev–Trinajstić information content (AvgIpc) is 2.72. The first kappa shape index (κ1) is 23.1. The molecule has 2 atom stereocenters. The lowest BCUT2D eigenvalue weighted by molar-refractivity contribution is -0.141. The first-order valence-electron chi connectivity index (χ1n) is 9.72. The zero-order valence-corrected chi connectivity index (χ0v) is 17.0. The molecule has 2 aromatic rings. The van der Waals surface area contributed by atoms with Gasteiger partial charge in [-0.1, -0.05) is 37.3 Å². The Morgan fingerprint density at radius 2 is 1.80 bits per heavy atom. The van der Waals surface area contributed by atoms with Crippen LogP contribution in [0.3, 0.4) is 0 Å². The van der Waals surface area contributed by atoms with E-state index >= 15 is 0 Å². The highest BCUT2D eigenvalue weighted by molar-refractivity contribution is 5.93. The van der Waals surface area contributed by atoms with Crippen LogP contribution in [0.25, 0.3) is 0 Å². The number of hydrogen-bond acceptors (Lipinski definition) is 5. The fraction of sp³-hybridized carbons (Fsp3) is 0.409. The van der Waals surface area contributed by atoms with Crippen LogP contribution in [0.15, 0.2) is 41.3 Å². The molecule has 0 spiro atoms. The molecule has 0 fully saturated rings. The Morgan fingerprint density at radius 3 is 2.37 bits per heavy atom. The number of hydrogen-bond donors (Lipinski definition) is 1. The van der Waals surface area contributed by atoms with Gasteiger partial charge in [-0.3, -0.25) is 19.2 Å². The maximum atomic E-state index is 13.1. The molecule has 0 radical (unpaired) electrons. The minimum absolute atomic E-state index is 0.236. The van der Waals surface area contributed by atoms with Crippen molar-refractivity contribution in [3.63, 3.8) is 0 Å². The summed E-state index contributed by atoms with van der Waals surface area (Å²) in [7, 11) is 0. The Labute approximate surface area is 173 Å². The molecular formula is C22H25FN2O5. The van der Waals surface area contributed by atoms with E-state index in [-0.39, 0.29) is 18.5 Å². The summed E-state index contributed by atoms with van der Waals surface area (Å²) in [6.07, 6.45) is 0.747. The van der Waals surface area contributed by atoms with Gasteiger partial charge in [-0.2, -0.15) is 5.10 Å². The smallest absolute Gasteiger partial charge is 0.304 e. The van der Waals surface area contributed by atoms with Crippen LogP contribution < -0.4 is 5.56 Å². The van der Waals surface area contributed by atoms with Crippen molar-refractivity contribution in [2.45, 2.75) is 45.6 Å². The number of nitrogens with zero attached hydrogens (tertiary/aromatic N) is 2. The van der Waals surface area contributed by atoms with E-state index in [1.54, 1.807) is 13.8 Å². The van der Waals surface area contributed by atoms with Crippen LogP contribution in [0.1, 0.15) is 48.8 Å². The first-order chi connectivity index (χ1) is 14.3.